The Bertz CT molecular complexity index is 246. The summed E-state index contributed by atoms with van der Waals surface area (Å²) in [5.41, 5.74) is 0. The van der Waals surface area contributed by atoms with E-state index >= 15 is 0 Å². The molecule has 0 unspecified atom stereocenters. The molecule has 5 heteroatoms. The Morgan fingerprint density at radius 2 is 2.45 bits per heavy atom. The van der Waals surface area contributed by atoms with Crippen LogP contribution in [0.3, 0.4) is 0 Å². The minimum Gasteiger partial charge on any atom is -0.475 e. The molecule has 1 N–H and O–H groups in total. The van der Waals surface area contributed by atoms with Gasteiger partial charge in [0.15, 0.2) is 0 Å². The van der Waals surface area contributed by atoms with Crippen LogP contribution in [0.25, 0.3) is 0 Å². The zero-order chi connectivity index (χ0) is 7.56. The van der Waals surface area contributed by atoms with Gasteiger partial charge in [0.25, 0.3) is 0 Å². The number of rotatable bonds is 2. The van der Waals surface area contributed by atoms with Crippen molar-refractivity contribution in [2.75, 3.05) is 0 Å². The fraction of sp³-hybridized carbons (Fsp3) is 0.333. The van der Waals surface area contributed by atoms with E-state index in [1.54, 1.807) is 10.8 Å². The summed E-state index contributed by atoms with van der Waals surface area (Å²) in [7, 11) is 0. The molecular formula is C6H8N2NaO2. The summed E-state index contributed by atoms with van der Waals surface area (Å²) < 4.78 is 1.57. The third-order valence-corrected chi connectivity index (χ3v) is 1.25. The Morgan fingerprint density at radius 1 is 1.82 bits per heavy atom. The van der Waals surface area contributed by atoms with Crippen LogP contribution in [0.5, 0.6) is 0 Å². The van der Waals surface area contributed by atoms with Gasteiger partial charge < -0.3 is 9.67 Å². The first-order valence-electron chi connectivity index (χ1n) is 3.00. The van der Waals surface area contributed by atoms with E-state index in [0.29, 0.717) is 6.54 Å². The molecule has 1 aromatic heterocycles. The predicted molar refractivity (Wildman–Crippen MR) is 40.6 cm³/mol. The van der Waals surface area contributed by atoms with Crippen molar-refractivity contribution in [2.45, 2.75) is 13.5 Å². The molecule has 0 amide bonds. The molecular weight excluding hydrogens is 155 g/mol. The second-order valence-corrected chi connectivity index (χ2v) is 1.84. The second-order valence-electron chi connectivity index (χ2n) is 1.84. The maximum Gasteiger partial charge on any atom is 0.372 e. The molecule has 1 rings (SSSR count). The van der Waals surface area contributed by atoms with Gasteiger partial charge in [-0.05, 0) is 6.92 Å². The smallest absolute Gasteiger partial charge is 0.372 e. The Labute approximate surface area is 86.5 Å². The van der Waals surface area contributed by atoms with Gasteiger partial charge in [0.2, 0.25) is 5.82 Å². The molecule has 0 aliphatic rings. The van der Waals surface area contributed by atoms with Crippen molar-refractivity contribution >= 4 is 35.5 Å². The fourth-order valence-corrected chi connectivity index (χ4v) is 0.762. The maximum absolute atomic E-state index is 10.4. The summed E-state index contributed by atoms with van der Waals surface area (Å²) in [4.78, 5) is 14.0. The largest absolute Gasteiger partial charge is 0.475 e. The van der Waals surface area contributed by atoms with Crippen molar-refractivity contribution in [3.8, 4) is 0 Å². The molecule has 0 aliphatic heterocycles. The van der Waals surface area contributed by atoms with Crippen LogP contribution >= 0.6 is 0 Å². The van der Waals surface area contributed by atoms with Crippen LogP contribution in [0.4, 0.5) is 0 Å². The minimum absolute atomic E-state index is 0. The molecule has 0 saturated carbocycles. The Kier molecular flexibility index (Phi) is 4.40. The first-order valence-corrected chi connectivity index (χ1v) is 3.00. The quantitative estimate of drug-likeness (QED) is 0.634. The number of carboxylic acids is 1. The molecule has 0 atom stereocenters. The number of aromatic carboxylic acids is 1. The summed E-state index contributed by atoms with van der Waals surface area (Å²) in [6.45, 7) is 2.51. The summed E-state index contributed by atoms with van der Waals surface area (Å²) in [5.74, 6) is -0.880. The molecule has 1 radical (unpaired) electrons. The van der Waals surface area contributed by atoms with Gasteiger partial charge in [0.05, 0.1) is 0 Å². The van der Waals surface area contributed by atoms with E-state index in [4.69, 9.17) is 5.11 Å². The van der Waals surface area contributed by atoms with E-state index in [2.05, 4.69) is 4.98 Å². The third kappa shape index (κ3) is 2.32. The summed E-state index contributed by atoms with van der Waals surface area (Å²) in [5, 5.41) is 8.50. The van der Waals surface area contributed by atoms with E-state index in [1.165, 1.54) is 6.20 Å². The third-order valence-electron chi connectivity index (χ3n) is 1.25. The molecule has 0 saturated heterocycles. The number of imidazole rings is 1. The van der Waals surface area contributed by atoms with Crippen LogP contribution in [0.15, 0.2) is 12.4 Å². The molecule has 0 spiro atoms. The first kappa shape index (κ1) is 10.7. The predicted octanol–water partition coefficient (Wildman–Crippen LogP) is 0.220. The van der Waals surface area contributed by atoms with Crippen molar-refractivity contribution in [2.24, 2.45) is 0 Å². The molecule has 0 aliphatic carbocycles. The normalized spacial score (nSPS) is 8.82. The minimum atomic E-state index is -0.980. The molecule has 0 bridgehead atoms. The van der Waals surface area contributed by atoms with Gasteiger partial charge in [0.1, 0.15) is 0 Å². The monoisotopic (exact) mass is 163 g/mol. The summed E-state index contributed by atoms with van der Waals surface area (Å²) in [6, 6.07) is 0. The van der Waals surface area contributed by atoms with E-state index in [1.807, 2.05) is 6.92 Å². The van der Waals surface area contributed by atoms with E-state index in [9.17, 15) is 4.79 Å². The van der Waals surface area contributed by atoms with Crippen molar-refractivity contribution in [1.82, 2.24) is 9.55 Å². The van der Waals surface area contributed by atoms with Crippen LogP contribution < -0.4 is 0 Å². The van der Waals surface area contributed by atoms with Crippen LogP contribution in [0.2, 0.25) is 0 Å². The number of hydrogen-bond donors (Lipinski definition) is 1. The second kappa shape index (κ2) is 4.54. The molecule has 1 aromatic rings. The van der Waals surface area contributed by atoms with Crippen LogP contribution in [-0.2, 0) is 6.54 Å². The van der Waals surface area contributed by atoms with Gasteiger partial charge in [-0.3, -0.25) is 0 Å². The Balaban J connectivity index is 0.000001000. The van der Waals surface area contributed by atoms with Gasteiger partial charge in [-0.25, -0.2) is 9.78 Å². The first-order chi connectivity index (χ1) is 4.75. The number of nitrogens with zero attached hydrogens (tertiary/aromatic N) is 2. The zero-order valence-corrected chi connectivity index (χ0v) is 8.61. The molecule has 55 valence electrons. The van der Waals surface area contributed by atoms with Crippen LogP contribution in [0.1, 0.15) is 17.5 Å². The molecule has 11 heavy (non-hydrogen) atoms. The Hall–Kier alpha value is -0.320. The SMILES string of the molecule is CCn1ccnc1C(=O)O.[Na]. The summed E-state index contributed by atoms with van der Waals surface area (Å²) in [6.07, 6.45) is 3.12. The van der Waals surface area contributed by atoms with Gasteiger partial charge in [-0.1, -0.05) is 0 Å². The van der Waals surface area contributed by atoms with Crippen molar-refractivity contribution in [3.63, 3.8) is 0 Å². The number of aromatic nitrogens is 2. The van der Waals surface area contributed by atoms with Gasteiger partial charge in [-0.15, -0.1) is 0 Å². The van der Waals surface area contributed by atoms with E-state index < -0.39 is 5.97 Å². The van der Waals surface area contributed by atoms with Gasteiger partial charge in [0, 0.05) is 48.5 Å². The molecule has 0 aromatic carbocycles. The number of carbonyl (C=O) groups is 1. The van der Waals surface area contributed by atoms with Gasteiger partial charge >= 0.3 is 5.97 Å². The maximum atomic E-state index is 10.4. The molecule has 0 fully saturated rings. The van der Waals surface area contributed by atoms with Crippen LogP contribution in [0, 0.1) is 0 Å². The standard InChI is InChI=1S/C6H8N2O2.Na/c1-2-8-4-3-7-5(8)6(9)10;/h3-4H,2H2,1H3,(H,9,10);. The average Bonchev–Trinajstić information content (AvgIpc) is 2.33. The van der Waals surface area contributed by atoms with Crippen molar-refractivity contribution in [1.29, 1.82) is 0 Å². The molecule has 1 heterocycles. The van der Waals surface area contributed by atoms with Crippen molar-refractivity contribution in [3.05, 3.63) is 18.2 Å². The molecule has 4 nitrogen and oxygen atoms in total. The van der Waals surface area contributed by atoms with Gasteiger partial charge in [-0.2, -0.15) is 0 Å². The van der Waals surface area contributed by atoms with E-state index in [-0.39, 0.29) is 35.4 Å². The van der Waals surface area contributed by atoms with Crippen molar-refractivity contribution < 1.29 is 9.90 Å². The fourth-order valence-electron chi connectivity index (χ4n) is 0.762. The average molecular weight is 163 g/mol. The van der Waals surface area contributed by atoms with E-state index in [0.717, 1.165) is 0 Å². The zero-order valence-electron chi connectivity index (χ0n) is 6.61. The number of aryl methyl sites for hydroxylation is 1. The Morgan fingerprint density at radius 3 is 2.82 bits per heavy atom. The number of hydrogen-bond acceptors (Lipinski definition) is 2. The summed E-state index contributed by atoms with van der Waals surface area (Å²) >= 11 is 0. The topological polar surface area (TPSA) is 55.1 Å². The van der Waals surface area contributed by atoms with Crippen LogP contribution in [-0.4, -0.2) is 50.2 Å². The number of carboxylic acid groups (broad SMARTS) is 1.